The average Bonchev–Trinajstić information content (AvgIpc) is 3.00. The van der Waals surface area contributed by atoms with Gasteiger partial charge in [-0.3, -0.25) is 9.78 Å². The van der Waals surface area contributed by atoms with Crippen LogP contribution in [0.4, 0.5) is 13.2 Å². The van der Waals surface area contributed by atoms with Gasteiger partial charge in [0.25, 0.3) is 0 Å². The second-order valence-electron chi connectivity index (χ2n) is 6.24. The zero-order valence-corrected chi connectivity index (χ0v) is 15.4. The van der Waals surface area contributed by atoms with Gasteiger partial charge >= 0.3 is 6.18 Å². The lowest BCUT2D eigenvalue weighted by Crippen LogP contribution is -2.22. The van der Waals surface area contributed by atoms with E-state index < -0.39 is 11.7 Å². The minimum Gasteiger partial charge on any atom is -0.358 e. The second-order valence-corrected chi connectivity index (χ2v) is 6.64. The summed E-state index contributed by atoms with van der Waals surface area (Å²) in [5, 5.41) is 3.46. The molecular weight excluding hydrogens is 379 g/mol. The molecule has 0 bridgehead atoms. The number of nitrogens with one attached hydrogen (secondary N) is 1. The molecule has 1 amide bonds. The molecule has 3 aromatic rings. The van der Waals surface area contributed by atoms with Crippen LogP contribution in [0.3, 0.4) is 0 Å². The summed E-state index contributed by atoms with van der Waals surface area (Å²) in [6, 6.07) is 5.68. The van der Waals surface area contributed by atoms with Crippen LogP contribution in [0.2, 0.25) is 5.02 Å². The third-order valence-electron chi connectivity index (χ3n) is 4.46. The lowest BCUT2D eigenvalue weighted by atomic mass is 9.99. The van der Waals surface area contributed by atoms with Gasteiger partial charge in [0.05, 0.1) is 16.8 Å². The van der Waals surface area contributed by atoms with Crippen LogP contribution in [-0.2, 0) is 23.9 Å². The first-order chi connectivity index (χ1) is 12.7. The van der Waals surface area contributed by atoms with E-state index in [0.717, 1.165) is 23.0 Å². The number of pyridine rings is 1. The van der Waals surface area contributed by atoms with Gasteiger partial charge in [0.15, 0.2) is 0 Å². The first kappa shape index (κ1) is 19.2. The minimum atomic E-state index is -4.44. The van der Waals surface area contributed by atoms with E-state index in [9.17, 15) is 18.0 Å². The summed E-state index contributed by atoms with van der Waals surface area (Å²) in [5.41, 5.74) is 1.80. The number of alkyl halides is 3. The van der Waals surface area contributed by atoms with Crippen molar-refractivity contribution in [2.45, 2.75) is 26.1 Å². The van der Waals surface area contributed by atoms with Crippen molar-refractivity contribution < 1.29 is 18.0 Å². The Balaban J connectivity index is 1.99. The van der Waals surface area contributed by atoms with E-state index in [1.54, 1.807) is 37.0 Å². The summed E-state index contributed by atoms with van der Waals surface area (Å²) in [6.45, 7) is 1.77. The predicted octanol–water partition coefficient (Wildman–Crippen LogP) is 4.35. The molecule has 0 saturated heterocycles. The number of hydrogen-bond acceptors (Lipinski definition) is 2. The minimum absolute atomic E-state index is 0.0610. The van der Waals surface area contributed by atoms with Gasteiger partial charge in [0, 0.05) is 36.3 Å². The quantitative estimate of drug-likeness (QED) is 0.713. The first-order valence-corrected chi connectivity index (χ1v) is 8.58. The first-order valence-electron chi connectivity index (χ1n) is 8.20. The Kier molecular flexibility index (Phi) is 5.15. The molecule has 2 aromatic heterocycles. The molecule has 142 valence electrons. The largest absolute Gasteiger partial charge is 0.416 e. The normalized spacial score (nSPS) is 11.8. The molecule has 0 unspecified atom stereocenters. The highest BCUT2D eigenvalue weighted by atomic mass is 35.5. The van der Waals surface area contributed by atoms with Gasteiger partial charge in [-0.15, -0.1) is 0 Å². The monoisotopic (exact) mass is 395 g/mol. The van der Waals surface area contributed by atoms with Crippen LogP contribution in [0, 0.1) is 6.92 Å². The topological polar surface area (TPSA) is 46.9 Å². The standard InChI is InChI=1S/C19H17ClF3N3O/c1-11-7-12(19(21,22)23)8-15(20)14(11)9-16-13-4-6-26(10-18(27)24-2)17(13)3-5-25-16/h3-8H,9-10H2,1-2H3,(H,24,27). The maximum atomic E-state index is 12.9. The zero-order valence-electron chi connectivity index (χ0n) is 14.7. The van der Waals surface area contributed by atoms with Crippen molar-refractivity contribution in [3.05, 3.63) is 64.1 Å². The molecule has 27 heavy (non-hydrogen) atoms. The Morgan fingerprint density at radius 3 is 2.67 bits per heavy atom. The number of benzene rings is 1. The molecule has 1 N–H and O–H groups in total. The molecule has 0 aliphatic heterocycles. The molecule has 4 nitrogen and oxygen atoms in total. The number of carbonyl (C=O) groups is 1. The molecule has 0 atom stereocenters. The number of hydrogen-bond donors (Lipinski definition) is 1. The second kappa shape index (κ2) is 7.23. The molecule has 0 saturated carbocycles. The molecule has 0 aliphatic carbocycles. The van der Waals surface area contributed by atoms with E-state index in [4.69, 9.17) is 11.6 Å². The number of aryl methyl sites for hydroxylation is 1. The lowest BCUT2D eigenvalue weighted by Gasteiger charge is -2.14. The number of nitrogens with zero attached hydrogens (tertiary/aromatic N) is 2. The molecule has 0 aliphatic rings. The Morgan fingerprint density at radius 2 is 2.04 bits per heavy atom. The van der Waals surface area contributed by atoms with Crippen molar-refractivity contribution in [2.24, 2.45) is 0 Å². The molecular formula is C19H17ClF3N3O. The van der Waals surface area contributed by atoms with Crippen molar-refractivity contribution >= 4 is 28.4 Å². The number of amides is 1. The van der Waals surface area contributed by atoms with Crippen molar-refractivity contribution in [1.82, 2.24) is 14.9 Å². The number of aromatic nitrogens is 2. The number of fused-ring (bicyclic) bond motifs is 1. The van der Waals surface area contributed by atoms with E-state index in [2.05, 4.69) is 10.3 Å². The Morgan fingerprint density at radius 1 is 1.30 bits per heavy atom. The van der Waals surface area contributed by atoms with E-state index in [1.807, 2.05) is 6.07 Å². The fourth-order valence-electron chi connectivity index (χ4n) is 3.02. The van der Waals surface area contributed by atoms with Gasteiger partial charge in [-0.25, -0.2) is 0 Å². The SMILES string of the molecule is CNC(=O)Cn1ccc2c(Cc3c(C)cc(C(F)(F)F)cc3Cl)nccc21. The highest BCUT2D eigenvalue weighted by Crippen LogP contribution is 2.35. The molecule has 0 fully saturated rings. The van der Waals surface area contributed by atoms with Crippen molar-refractivity contribution in [3.8, 4) is 0 Å². The summed E-state index contributed by atoms with van der Waals surface area (Å²) in [5.74, 6) is -0.132. The Bertz CT molecular complexity index is 988. The van der Waals surface area contributed by atoms with Gasteiger partial charge in [0.2, 0.25) is 5.91 Å². The fraction of sp³-hybridized carbons (Fsp3) is 0.263. The summed E-state index contributed by atoms with van der Waals surface area (Å²) in [7, 11) is 1.57. The van der Waals surface area contributed by atoms with Crippen LogP contribution < -0.4 is 5.32 Å². The van der Waals surface area contributed by atoms with Gasteiger partial charge in [-0.05, 0) is 42.3 Å². The summed E-state index contributed by atoms with van der Waals surface area (Å²) in [4.78, 5) is 16.0. The van der Waals surface area contributed by atoms with Crippen molar-refractivity contribution in [2.75, 3.05) is 7.05 Å². The van der Waals surface area contributed by atoms with Gasteiger partial charge in [-0.2, -0.15) is 13.2 Å². The van der Waals surface area contributed by atoms with Crippen LogP contribution in [0.15, 0.2) is 36.7 Å². The summed E-state index contributed by atoms with van der Waals surface area (Å²) in [6.07, 6.45) is -0.746. The molecule has 2 heterocycles. The molecule has 0 radical (unpaired) electrons. The van der Waals surface area contributed by atoms with Crippen molar-refractivity contribution in [1.29, 1.82) is 0 Å². The number of carbonyl (C=O) groups excluding carboxylic acids is 1. The summed E-state index contributed by atoms with van der Waals surface area (Å²) >= 11 is 6.15. The lowest BCUT2D eigenvalue weighted by molar-refractivity contribution is -0.137. The molecule has 0 spiro atoms. The molecule has 8 heteroatoms. The van der Waals surface area contributed by atoms with E-state index >= 15 is 0 Å². The maximum Gasteiger partial charge on any atom is 0.416 e. The Hall–Kier alpha value is -2.54. The molecule has 1 aromatic carbocycles. The van der Waals surface area contributed by atoms with E-state index in [0.29, 0.717) is 23.2 Å². The van der Waals surface area contributed by atoms with Crippen LogP contribution >= 0.6 is 11.6 Å². The molecule has 3 rings (SSSR count). The van der Waals surface area contributed by atoms with E-state index in [-0.39, 0.29) is 17.5 Å². The van der Waals surface area contributed by atoms with Crippen molar-refractivity contribution in [3.63, 3.8) is 0 Å². The highest BCUT2D eigenvalue weighted by Gasteiger charge is 2.31. The number of halogens is 4. The van der Waals surface area contributed by atoms with E-state index in [1.165, 1.54) is 0 Å². The third-order valence-corrected chi connectivity index (χ3v) is 4.80. The van der Waals surface area contributed by atoms with Crippen LogP contribution in [0.1, 0.15) is 22.4 Å². The van der Waals surface area contributed by atoms with Crippen LogP contribution in [0.5, 0.6) is 0 Å². The van der Waals surface area contributed by atoms with Gasteiger partial charge in [0.1, 0.15) is 6.54 Å². The smallest absolute Gasteiger partial charge is 0.358 e. The maximum absolute atomic E-state index is 12.9. The number of rotatable bonds is 4. The zero-order chi connectivity index (χ0) is 19.8. The van der Waals surface area contributed by atoms with Gasteiger partial charge in [-0.1, -0.05) is 11.6 Å². The highest BCUT2D eigenvalue weighted by molar-refractivity contribution is 6.31. The van der Waals surface area contributed by atoms with Crippen LogP contribution in [0.25, 0.3) is 10.9 Å². The third kappa shape index (κ3) is 3.93. The fourth-order valence-corrected chi connectivity index (χ4v) is 3.36. The van der Waals surface area contributed by atoms with Crippen LogP contribution in [-0.4, -0.2) is 22.5 Å². The average molecular weight is 396 g/mol. The Labute approximate surface area is 159 Å². The predicted molar refractivity (Wildman–Crippen MR) is 97.8 cm³/mol. The van der Waals surface area contributed by atoms with Gasteiger partial charge < -0.3 is 9.88 Å². The summed E-state index contributed by atoms with van der Waals surface area (Å²) < 4.78 is 40.6. The number of likely N-dealkylation sites (N-methyl/N-ethyl adjacent to an activating group) is 1.